The van der Waals surface area contributed by atoms with E-state index in [0.29, 0.717) is 13.2 Å². The number of carbonyl (C=O) groups excluding carboxylic acids is 2. The minimum Gasteiger partial charge on any atom is -0.466 e. The Morgan fingerprint density at radius 2 is 2.39 bits per heavy atom. The minimum absolute atomic E-state index is 0.0269. The smallest absolute Gasteiger partial charge is 0.310 e. The third-order valence-corrected chi connectivity index (χ3v) is 3.92. The van der Waals surface area contributed by atoms with Gasteiger partial charge in [-0.3, -0.25) is 9.59 Å². The lowest BCUT2D eigenvalue weighted by Gasteiger charge is -2.31. The quantitative estimate of drug-likeness (QED) is 0.788. The van der Waals surface area contributed by atoms with Gasteiger partial charge < -0.3 is 9.64 Å². The van der Waals surface area contributed by atoms with Crippen LogP contribution in [0.15, 0.2) is 17.5 Å². The van der Waals surface area contributed by atoms with Gasteiger partial charge in [0, 0.05) is 13.1 Å². The summed E-state index contributed by atoms with van der Waals surface area (Å²) in [7, 11) is 0. The highest BCUT2D eigenvalue weighted by molar-refractivity contribution is 7.12. The first-order chi connectivity index (χ1) is 8.72. The van der Waals surface area contributed by atoms with Crippen LogP contribution in [-0.2, 0) is 9.53 Å². The van der Waals surface area contributed by atoms with E-state index >= 15 is 0 Å². The number of esters is 1. The molecule has 0 saturated carbocycles. The van der Waals surface area contributed by atoms with Crippen molar-refractivity contribution in [2.75, 3.05) is 19.7 Å². The van der Waals surface area contributed by atoms with Crippen LogP contribution < -0.4 is 0 Å². The molecule has 0 aliphatic carbocycles. The summed E-state index contributed by atoms with van der Waals surface area (Å²) in [5, 5.41) is 1.89. The van der Waals surface area contributed by atoms with E-state index in [-0.39, 0.29) is 17.8 Å². The Labute approximate surface area is 111 Å². The number of ether oxygens (including phenoxy) is 1. The highest BCUT2D eigenvalue weighted by atomic mass is 32.1. The van der Waals surface area contributed by atoms with Crippen LogP contribution in [0.3, 0.4) is 0 Å². The van der Waals surface area contributed by atoms with Crippen molar-refractivity contribution in [2.45, 2.75) is 19.8 Å². The Morgan fingerprint density at radius 1 is 1.56 bits per heavy atom. The van der Waals surface area contributed by atoms with Gasteiger partial charge in [0.2, 0.25) is 0 Å². The molecular formula is C13H17NO3S. The Morgan fingerprint density at radius 3 is 3.06 bits per heavy atom. The predicted molar refractivity (Wildman–Crippen MR) is 69.6 cm³/mol. The summed E-state index contributed by atoms with van der Waals surface area (Å²) in [5.74, 6) is -0.317. The molecule has 2 rings (SSSR count). The lowest BCUT2D eigenvalue weighted by atomic mass is 9.98. The lowest BCUT2D eigenvalue weighted by molar-refractivity contribution is -0.149. The molecule has 1 saturated heterocycles. The normalized spacial score (nSPS) is 19.6. The minimum atomic E-state index is -0.179. The molecule has 1 fully saturated rings. The van der Waals surface area contributed by atoms with Crippen LogP contribution in [0.25, 0.3) is 0 Å². The first-order valence-corrected chi connectivity index (χ1v) is 7.09. The van der Waals surface area contributed by atoms with E-state index < -0.39 is 0 Å². The van der Waals surface area contributed by atoms with Gasteiger partial charge in [-0.1, -0.05) is 6.07 Å². The van der Waals surface area contributed by atoms with Gasteiger partial charge in [0.1, 0.15) is 0 Å². The first kappa shape index (κ1) is 13.1. The summed E-state index contributed by atoms with van der Waals surface area (Å²) in [6, 6.07) is 3.69. The molecule has 5 heteroatoms. The predicted octanol–water partition coefficient (Wildman–Crippen LogP) is 2.16. The molecule has 0 radical (unpaired) electrons. The van der Waals surface area contributed by atoms with Crippen molar-refractivity contribution < 1.29 is 14.3 Å². The van der Waals surface area contributed by atoms with Crippen LogP contribution in [0.5, 0.6) is 0 Å². The van der Waals surface area contributed by atoms with Gasteiger partial charge in [0.15, 0.2) is 0 Å². The average Bonchev–Trinajstić information content (AvgIpc) is 2.92. The molecule has 1 atom stereocenters. The molecule has 0 bridgehead atoms. The van der Waals surface area contributed by atoms with Crippen LogP contribution in [0.2, 0.25) is 0 Å². The van der Waals surface area contributed by atoms with E-state index in [1.807, 2.05) is 17.5 Å². The molecular weight excluding hydrogens is 250 g/mol. The van der Waals surface area contributed by atoms with Gasteiger partial charge in [-0.25, -0.2) is 0 Å². The second kappa shape index (κ2) is 6.00. The van der Waals surface area contributed by atoms with E-state index in [9.17, 15) is 9.59 Å². The molecule has 2 heterocycles. The van der Waals surface area contributed by atoms with Crippen LogP contribution >= 0.6 is 11.3 Å². The molecule has 1 aromatic rings. The van der Waals surface area contributed by atoms with Crippen molar-refractivity contribution in [3.63, 3.8) is 0 Å². The van der Waals surface area contributed by atoms with Crippen LogP contribution in [0.4, 0.5) is 0 Å². The van der Waals surface area contributed by atoms with Crippen molar-refractivity contribution in [1.82, 2.24) is 4.90 Å². The average molecular weight is 267 g/mol. The van der Waals surface area contributed by atoms with E-state index in [4.69, 9.17) is 4.74 Å². The number of hydrogen-bond donors (Lipinski definition) is 0. The molecule has 1 aliphatic heterocycles. The Bertz CT molecular complexity index is 416. The molecule has 1 aliphatic rings. The van der Waals surface area contributed by atoms with Gasteiger partial charge >= 0.3 is 5.97 Å². The van der Waals surface area contributed by atoms with Gasteiger partial charge in [-0.15, -0.1) is 11.3 Å². The van der Waals surface area contributed by atoms with Gasteiger partial charge in [-0.2, -0.15) is 0 Å². The highest BCUT2D eigenvalue weighted by Crippen LogP contribution is 2.21. The Kier molecular flexibility index (Phi) is 4.36. The number of amides is 1. The summed E-state index contributed by atoms with van der Waals surface area (Å²) in [6.45, 7) is 3.41. The molecule has 0 spiro atoms. The summed E-state index contributed by atoms with van der Waals surface area (Å²) in [5.41, 5.74) is 0. The molecule has 18 heavy (non-hydrogen) atoms. The molecule has 98 valence electrons. The van der Waals surface area contributed by atoms with E-state index in [1.165, 1.54) is 11.3 Å². The highest BCUT2D eigenvalue weighted by Gasteiger charge is 2.29. The number of piperidine rings is 1. The van der Waals surface area contributed by atoms with Gasteiger partial charge in [-0.05, 0) is 31.2 Å². The van der Waals surface area contributed by atoms with Crippen molar-refractivity contribution in [1.29, 1.82) is 0 Å². The number of carbonyl (C=O) groups is 2. The maximum atomic E-state index is 12.2. The standard InChI is InChI=1S/C13H17NO3S/c1-2-17-13(16)10-5-3-7-14(9-10)12(15)11-6-4-8-18-11/h4,6,8,10H,2-3,5,7,9H2,1H3/t10-/m1/s1. The fraction of sp³-hybridized carbons (Fsp3) is 0.538. The fourth-order valence-corrected chi connectivity index (χ4v) is 2.86. The van der Waals surface area contributed by atoms with Crippen molar-refractivity contribution in [3.8, 4) is 0 Å². The Balaban J connectivity index is 1.98. The number of nitrogens with zero attached hydrogens (tertiary/aromatic N) is 1. The number of hydrogen-bond acceptors (Lipinski definition) is 4. The third-order valence-electron chi connectivity index (χ3n) is 3.06. The summed E-state index contributed by atoms with van der Waals surface area (Å²) in [4.78, 5) is 26.4. The molecule has 1 aromatic heterocycles. The number of rotatable bonds is 3. The topological polar surface area (TPSA) is 46.6 Å². The monoisotopic (exact) mass is 267 g/mol. The van der Waals surface area contributed by atoms with Crippen molar-refractivity contribution in [3.05, 3.63) is 22.4 Å². The zero-order valence-corrected chi connectivity index (χ0v) is 11.2. The summed E-state index contributed by atoms with van der Waals surface area (Å²) in [6.07, 6.45) is 1.67. The second-order valence-electron chi connectivity index (χ2n) is 4.32. The van der Waals surface area contributed by atoms with E-state index in [0.717, 1.165) is 24.3 Å². The largest absolute Gasteiger partial charge is 0.466 e. The van der Waals surface area contributed by atoms with Crippen molar-refractivity contribution in [2.24, 2.45) is 5.92 Å². The maximum Gasteiger partial charge on any atom is 0.310 e. The fourth-order valence-electron chi connectivity index (χ4n) is 2.17. The number of thiophene rings is 1. The van der Waals surface area contributed by atoms with E-state index in [2.05, 4.69) is 0 Å². The molecule has 0 unspecified atom stereocenters. The van der Waals surface area contributed by atoms with Crippen LogP contribution in [-0.4, -0.2) is 36.5 Å². The Hall–Kier alpha value is -1.36. The van der Waals surface area contributed by atoms with Crippen LogP contribution in [0, 0.1) is 5.92 Å². The first-order valence-electron chi connectivity index (χ1n) is 6.21. The maximum absolute atomic E-state index is 12.2. The zero-order valence-electron chi connectivity index (χ0n) is 10.4. The second-order valence-corrected chi connectivity index (χ2v) is 5.27. The summed E-state index contributed by atoms with van der Waals surface area (Å²) < 4.78 is 5.03. The SMILES string of the molecule is CCOC(=O)[C@@H]1CCCN(C(=O)c2cccs2)C1. The third kappa shape index (κ3) is 2.90. The molecule has 4 nitrogen and oxygen atoms in total. The molecule has 0 N–H and O–H groups in total. The molecule has 0 aromatic carbocycles. The van der Waals surface area contributed by atoms with Gasteiger partial charge in [0.25, 0.3) is 5.91 Å². The lowest BCUT2D eigenvalue weighted by Crippen LogP contribution is -2.42. The van der Waals surface area contributed by atoms with Crippen LogP contribution in [0.1, 0.15) is 29.4 Å². The number of likely N-dealkylation sites (tertiary alicyclic amines) is 1. The van der Waals surface area contributed by atoms with E-state index in [1.54, 1.807) is 11.8 Å². The molecule has 1 amide bonds. The van der Waals surface area contributed by atoms with Gasteiger partial charge in [0.05, 0.1) is 17.4 Å². The zero-order chi connectivity index (χ0) is 13.0. The van der Waals surface area contributed by atoms with Crippen molar-refractivity contribution >= 4 is 23.2 Å². The summed E-state index contributed by atoms with van der Waals surface area (Å²) >= 11 is 1.44.